The van der Waals surface area contributed by atoms with Gasteiger partial charge in [-0.3, -0.25) is 0 Å². The van der Waals surface area contributed by atoms with Crippen LogP contribution < -0.4 is 4.90 Å². The number of hydrogen-bond donors (Lipinski definition) is 0. The van der Waals surface area contributed by atoms with Crippen LogP contribution in [0.5, 0.6) is 0 Å². The molecule has 3 nitrogen and oxygen atoms in total. The Bertz CT molecular complexity index is 518. The molecule has 0 aliphatic rings. The van der Waals surface area contributed by atoms with Crippen LogP contribution in [0, 0.1) is 13.8 Å². The summed E-state index contributed by atoms with van der Waals surface area (Å²) in [6, 6.07) is 10.2. The van der Waals surface area contributed by atoms with Gasteiger partial charge in [0.2, 0.25) is 0 Å². The molecule has 2 aromatic rings. The second-order valence-electron chi connectivity index (χ2n) is 4.38. The lowest BCUT2D eigenvalue weighted by molar-refractivity contribution is 0.942. The SMILES string of the molecule is Cc1c(-c2ccccc2)nnc(N(C)C)c1C. The van der Waals surface area contributed by atoms with Gasteiger partial charge in [0.25, 0.3) is 0 Å². The zero-order valence-corrected chi connectivity index (χ0v) is 10.7. The van der Waals surface area contributed by atoms with Crippen molar-refractivity contribution in [1.29, 1.82) is 0 Å². The molecule has 0 aliphatic carbocycles. The first-order valence-corrected chi connectivity index (χ1v) is 5.68. The summed E-state index contributed by atoms with van der Waals surface area (Å²) in [5, 5.41) is 8.63. The molecule has 3 heteroatoms. The van der Waals surface area contributed by atoms with Crippen molar-refractivity contribution in [3.8, 4) is 11.3 Å². The van der Waals surface area contributed by atoms with Crippen LogP contribution in [0.3, 0.4) is 0 Å². The van der Waals surface area contributed by atoms with E-state index < -0.39 is 0 Å². The smallest absolute Gasteiger partial charge is 0.153 e. The molecule has 2 rings (SSSR count). The summed E-state index contributed by atoms with van der Waals surface area (Å²) in [4.78, 5) is 1.99. The van der Waals surface area contributed by atoms with Crippen LogP contribution >= 0.6 is 0 Å². The maximum atomic E-state index is 4.34. The minimum absolute atomic E-state index is 0.933. The van der Waals surface area contributed by atoms with E-state index in [1.807, 2.05) is 37.2 Å². The van der Waals surface area contributed by atoms with Crippen LogP contribution in [-0.4, -0.2) is 24.3 Å². The molecule has 0 atom stereocenters. The van der Waals surface area contributed by atoms with Crippen molar-refractivity contribution in [3.63, 3.8) is 0 Å². The Morgan fingerprint density at radius 2 is 1.53 bits per heavy atom. The Hall–Kier alpha value is -1.90. The molecule has 0 unspecified atom stereocenters. The fourth-order valence-electron chi connectivity index (χ4n) is 1.89. The third-order valence-electron chi connectivity index (χ3n) is 2.97. The van der Waals surface area contributed by atoms with Crippen LogP contribution in [0.2, 0.25) is 0 Å². The van der Waals surface area contributed by atoms with Gasteiger partial charge in [0.05, 0.1) is 5.69 Å². The molecule has 0 bridgehead atoms. The first-order valence-electron chi connectivity index (χ1n) is 5.68. The Balaban J connectivity index is 2.56. The Morgan fingerprint density at radius 3 is 2.12 bits per heavy atom. The lowest BCUT2D eigenvalue weighted by Gasteiger charge is -2.16. The number of benzene rings is 1. The normalized spacial score (nSPS) is 10.4. The highest BCUT2D eigenvalue weighted by Crippen LogP contribution is 2.26. The first-order chi connectivity index (χ1) is 8.11. The lowest BCUT2D eigenvalue weighted by Crippen LogP contribution is -2.14. The fourth-order valence-corrected chi connectivity index (χ4v) is 1.89. The molecule has 0 amide bonds. The molecule has 1 heterocycles. The van der Waals surface area contributed by atoms with Crippen molar-refractivity contribution >= 4 is 5.82 Å². The lowest BCUT2D eigenvalue weighted by atomic mass is 10.0. The Morgan fingerprint density at radius 1 is 0.882 bits per heavy atom. The van der Waals surface area contributed by atoms with E-state index in [4.69, 9.17) is 0 Å². The van der Waals surface area contributed by atoms with Gasteiger partial charge in [-0.2, -0.15) is 0 Å². The van der Waals surface area contributed by atoms with E-state index in [9.17, 15) is 0 Å². The molecule has 1 aromatic carbocycles. The highest BCUT2D eigenvalue weighted by atomic mass is 15.2. The van der Waals surface area contributed by atoms with Gasteiger partial charge in [0.15, 0.2) is 5.82 Å². The average molecular weight is 227 g/mol. The molecule has 0 saturated heterocycles. The molecular formula is C14H17N3. The maximum absolute atomic E-state index is 4.34. The standard InChI is InChI=1S/C14H17N3/c1-10-11(2)14(17(3)4)16-15-13(10)12-8-6-5-7-9-12/h5-9H,1-4H3. The third-order valence-corrected chi connectivity index (χ3v) is 2.97. The summed E-state index contributed by atoms with van der Waals surface area (Å²) < 4.78 is 0. The van der Waals surface area contributed by atoms with Crippen molar-refractivity contribution < 1.29 is 0 Å². The summed E-state index contributed by atoms with van der Waals surface area (Å²) in [5.41, 5.74) is 4.46. The Kier molecular flexibility index (Phi) is 3.09. The van der Waals surface area contributed by atoms with E-state index in [-0.39, 0.29) is 0 Å². The van der Waals surface area contributed by atoms with E-state index in [1.165, 1.54) is 11.1 Å². The molecule has 0 saturated carbocycles. The van der Waals surface area contributed by atoms with Gasteiger partial charge in [0, 0.05) is 19.7 Å². The summed E-state index contributed by atoms with van der Waals surface area (Å²) in [5.74, 6) is 0.933. The zero-order chi connectivity index (χ0) is 12.4. The van der Waals surface area contributed by atoms with E-state index in [0.29, 0.717) is 0 Å². The van der Waals surface area contributed by atoms with Crippen LogP contribution in [-0.2, 0) is 0 Å². The Labute approximate surface area is 102 Å². The second-order valence-corrected chi connectivity index (χ2v) is 4.38. The van der Waals surface area contributed by atoms with Crippen LogP contribution in [0.1, 0.15) is 11.1 Å². The third kappa shape index (κ3) is 2.13. The monoisotopic (exact) mass is 227 g/mol. The average Bonchev–Trinajstić information content (AvgIpc) is 2.33. The fraction of sp³-hybridized carbons (Fsp3) is 0.286. The van der Waals surface area contributed by atoms with Gasteiger partial charge in [-0.1, -0.05) is 30.3 Å². The van der Waals surface area contributed by atoms with E-state index in [0.717, 1.165) is 17.1 Å². The number of aromatic nitrogens is 2. The summed E-state index contributed by atoms with van der Waals surface area (Å²) >= 11 is 0. The minimum atomic E-state index is 0.933. The van der Waals surface area contributed by atoms with Gasteiger partial charge in [-0.25, -0.2) is 0 Å². The van der Waals surface area contributed by atoms with E-state index >= 15 is 0 Å². The zero-order valence-electron chi connectivity index (χ0n) is 10.7. The predicted molar refractivity (Wildman–Crippen MR) is 71.3 cm³/mol. The highest BCUT2D eigenvalue weighted by molar-refractivity contribution is 5.66. The number of nitrogens with zero attached hydrogens (tertiary/aromatic N) is 3. The topological polar surface area (TPSA) is 29.0 Å². The highest BCUT2D eigenvalue weighted by Gasteiger charge is 2.11. The van der Waals surface area contributed by atoms with Gasteiger partial charge < -0.3 is 4.90 Å². The van der Waals surface area contributed by atoms with Crippen LogP contribution in [0.25, 0.3) is 11.3 Å². The predicted octanol–water partition coefficient (Wildman–Crippen LogP) is 2.83. The van der Waals surface area contributed by atoms with Gasteiger partial charge >= 0.3 is 0 Å². The van der Waals surface area contributed by atoms with Gasteiger partial charge in [-0.15, -0.1) is 10.2 Å². The van der Waals surface area contributed by atoms with Crippen LogP contribution in [0.15, 0.2) is 30.3 Å². The quantitative estimate of drug-likeness (QED) is 0.790. The molecule has 0 spiro atoms. The molecule has 88 valence electrons. The number of anilines is 1. The van der Waals surface area contributed by atoms with Gasteiger partial charge in [-0.05, 0) is 25.0 Å². The maximum Gasteiger partial charge on any atom is 0.153 e. The molecular weight excluding hydrogens is 210 g/mol. The van der Waals surface area contributed by atoms with E-state index in [1.54, 1.807) is 0 Å². The second kappa shape index (κ2) is 4.53. The van der Waals surface area contributed by atoms with Crippen molar-refractivity contribution in [2.24, 2.45) is 0 Å². The van der Waals surface area contributed by atoms with Crippen molar-refractivity contribution in [2.75, 3.05) is 19.0 Å². The summed E-state index contributed by atoms with van der Waals surface area (Å²) in [7, 11) is 3.97. The van der Waals surface area contributed by atoms with Crippen molar-refractivity contribution in [3.05, 3.63) is 41.5 Å². The molecule has 0 fully saturated rings. The summed E-state index contributed by atoms with van der Waals surface area (Å²) in [6.07, 6.45) is 0. The largest absolute Gasteiger partial charge is 0.361 e. The first kappa shape index (κ1) is 11.6. The minimum Gasteiger partial charge on any atom is -0.361 e. The summed E-state index contributed by atoms with van der Waals surface area (Å²) in [6.45, 7) is 4.19. The molecule has 0 radical (unpaired) electrons. The molecule has 1 aromatic heterocycles. The molecule has 0 N–H and O–H groups in total. The van der Waals surface area contributed by atoms with Crippen molar-refractivity contribution in [1.82, 2.24) is 10.2 Å². The van der Waals surface area contributed by atoms with Crippen LogP contribution in [0.4, 0.5) is 5.82 Å². The number of rotatable bonds is 2. The molecule has 0 aliphatic heterocycles. The molecule has 17 heavy (non-hydrogen) atoms. The van der Waals surface area contributed by atoms with E-state index in [2.05, 4.69) is 36.2 Å². The van der Waals surface area contributed by atoms with Crippen molar-refractivity contribution in [2.45, 2.75) is 13.8 Å². The van der Waals surface area contributed by atoms with Gasteiger partial charge in [0.1, 0.15) is 0 Å². The number of hydrogen-bond acceptors (Lipinski definition) is 3.